The third kappa shape index (κ3) is 8.46. The summed E-state index contributed by atoms with van der Waals surface area (Å²) in [4.78, 5) is 47.2. The number of ether oxygens (including phenoxy) is 3. The Morgan fingerprint density at radius 3 is 2.42 bits per heavy atom. The number of aromatic nitrogens is 1. The van der Waals surface area contributed by atoms with Crippen molar-refractivity contribution < 1.29 is 41.8 Å². The molecule has 9 nitrogen and oxygen atoms in total. The van der Waals surface area contributed by atoms with E-state index >= 15 is 0 Å². The van der Waals surface area contributed by atoms with Crippen LogP contribution in [0.15, 0.2) is 54.7 Å². The predicted octanol–water partition coefficient (Wildman–Crippen LogP) is 9.65. The lowest BCUT2D eigenvalue weighted by molar-refractivity contribution is -0.174. The lowest BCUT2D eigenvalue weighted by Crippen LogP contribution is -2.63. The van der Waals surface area contributed by atoms with Crippen LogP contribution in [0.5, 0.6) is 11.5 Å². The minimum atomic E-state index is -5.27. The van der Waals surface area contributed by atoms with E-state index in [-0.39, 0.29) is 47.2 Å². The summed E-state index contributed by atoms with van der Waals surface area (Å²) in [5.41, 5.74) is 1.42. The van der Waals surface area contributed by atoms with Crippen molar-refractivity contribution in [3.05, 3.63) is 82.1 Å². The number of hydrogen-bond acceptors (Lipinski definition) is 7. The number of rotatable bonds is 11. The van der Waals surface area contributed by atoms with Gasteiger partial charge in [-0.25, -0.2) is 4.79 Å². The van der Waals surface area contributed by atoms with Crippen LogP contribution >= 0.6 is 11.6 Å². The number of halogens is 4. The Morgan fingerprint density at radius 1 is 1.02 bits per heavy atom. The molecule has 2 aromatic carbocycles. The van der Waals surface area contributed by atoms with E-state index in [4.69, 9.17) is 25.8 Å². The largest absolute Gasteiger partial charge is 0.493 e. The third-order valence-corrected chi connectivity index (χ3v) is 13.7. The Balaban J connectivity index is 1.17. The van der Waals surface area contributed by atoms with Crippen molar-refractivity contribution in [3.63, 3.8) is 0 Å². The van der Waals surface area contributed by atoms with Crippen LogP contribution in [-0.2, 0) is 37.4 Å². The molecule has 1 spiro atoms. The standard InChI is InChI=1S/C47H57ClF3N3O6/c1-29(27-60-39-15-20-52-38-12-7-9-30(2)40(38)39)21-33-22-32-13-14-36(59-28-31-25-53(26-31)41(55)44(3,4)5)24-37(32)45(33)16-18-46(19-17-45,43(57)58-6)54(42(56)47(49,50)51)35-11-8-10-34(48)23-35/h8,10-11,13-15,20,23-24,29-31,33H,7,9,12,16-19,21-22,25-28H2,1-6H3/t29-,30-,33-,45?,46?/m1/s1. The van der Waals surface area contributed by atoms with E-state index in [9.17, 15) is 27.6 Å². The molecule has 2 heterocycles. The number of benzene rings is 2. The van der Waals surface area contributed by atoms with Crippen LogP contribution in [0.4, 0.5) is 18.9 Å². The first-order valence-corrected chi connectivity index (χ1v) is 21.7. The predicted molar refractivity (Wildman–Crippen MR) is 223 cm³/mol. The Labute approximate surface area is 356 Å². The van der Waals surface area contributed by atoms with Crippen molar-refractivity contribution in [2.75, 3.05) is 38.3 Å². The number of nitrogens with zero attached hydrogens (tertiary/aromatic N) is 3. The van der Waals surface area contributed by atoms with Crippen molar-refractivity contribution >= 4 is 35.1 Å². The molecule has 1 saturated carbocycles. The average Bonchev–Trinajstić information content (AvgIpc) is 3.47. The van der Waals surface area contributed by atoms with Gasteiger partial charge in [-0.05, 0) is 128 Å². The van der Waals surface area contributed by atoms with Gasteiger partial charge < -0.3 is 19.1 Å². The number of hydrogen-bond donors (Lipinski definition) is 0. The van der Waals surface area contributed by atoms with Crippen molar-refractivity contribution in [1.29, 1.82) is 0 Å². The molecule has 3 aromatic rings. The smallest absolute Gasteiger partial charge is 0.471 e. The van der Waals surface area contributed by atoms with E-state index in [0.717, 1.165) is 61.8 Å². The van der Waals surface area contributed by atoms with Crippen molar-refractivity contribution in [2.24, 2.45) is 23.2 Å². The zero-order valence-electron chi connectivity index (χ0n) is 35.5. The molecule has 0 bridgehead atoms. The van der Waals surface area contributed by atoms with Crippen molar-refractivity contribution in [3.8, 4) is 11.5 Å². The maximum absolute atomic E-state index is 14.5. The lowest BCUT2D eigenvalue weighted by Gasteiger charge is -2.51. The van der Waals surface area contributed by atoms with Crippen molar-refractivity contribution in [1.82, 2.24) is 9.88 Å². The van der Waals surface area contributed by atoms with E-state index < -0.39 is 34.4 Å². The van der Waals surface area contributed by atoms with Gasteiger partial charge in [-0.2, -0.15) is 13.2 Å². The van der Waals surface area contributed by atoms with Crippen molar-refractivity contribution in [2.45, 2.75) is 115 Å². The molecule has 2 amide bonds. The first kappa shape index (κ1) is 43.8. The van der Waals surface area contributed by atoms with Gasteiger partial charge in [-0.3, -0.25) is 19.5 Å². The van der Waals surface area contributed by atoms with Crippen LogP contribution in [0, 0.1) is 23.2 Å². The topological polar surface area (TPSA) is 98.3 Å². The van der Waals surface area contributed by atoms with Crippen LogP contribution in [-0.4, -0.2) is 72.8 Å². The van der Waals surface area contributed by atoms with Gasteiger partial charge >= 0.3 is 18.1 Å². The number of alkyl halides is 3. The number of methoxy groups -OCH3 is 1. The highest BCUT2D eigenvalue weighted by atomic mass is 35.5. The van der Waals surface area contributed by atoms with E-state index in [1.807, 2.05) is 44.0 Å². The Kier molecular flexibility index (Phi) is 12.3. The molecule has 3 atom stereocenters. The highest BCUT2D eigenvalue weighted by molar-refractivity contribution is 6.31. The highest BCUT2D eigenvalue weighted by Gasteiger charge is 2.60. The van der Waals surface area contributed by atoms with Crippen LogP contribution in [0.1, 0.15) is 108 Å². The SMILES string of the molecule is COC(=O)C1(N(C(=O)C(F)(F)F)c2cccc(Cl)c2)CCC2(CC1)c1cc(OCC3CN(C(=O)C(C)(C)C)C3)ccc1C[C@H]2C[C@@H](C)COc1ccnc2c1[C@H](C)CCC2. The van der Waals surface area contributed by atoms with E-state index in [2.05, 4.69) is 31.0 Å². The molecule has 1 aliphatic heterocycles. The molecule has 2 fully saturated rings. The van der Waals surface area contributed by atoms with Gasteiger partial charge in [-0.15, -0.1) is 0 Å². The monoisotopic (exact) mass is 851 g/mol. The summed E-state index contributed by atoms with van der Waals surface area (Å²) in [6.07, 6.45) is 1.68. The van der Waals surface area contributed by atoms with Gasteiger partial charge in [0, 0.05) is 52.6 Å². The lowest BCUT2D eigenvalue weighted by atomic mass is 9.59. The Hall–Kier alpha value is -4.32. The number of likely N-dealkylation sites (tertiary alicyclic amines) is 1. The molecule has 3 aliphatic carbocycles. The second-order valence-corrected chi connectivity index (χ2v) is 19.2. The Bertz CT molecular complexity index is 2090. The summed E-state index contributed by atoms with van der Waals surface area (Å²) < 4.78 is 61.6. The summed E-state index contributed by atoms with van der Waals surface area (Å²) >= 11 is 6.27. The molecular weight excluding hydrogens is 795 g/mol. The molecule has 4 aliphatic rings. The number of amides is 2. The number of anilines is 1. The summed E-state index contributed by atoms with van der Waals surface area (Å²) in [6.45, 7) is 12.3. The fourth-order valence-electron chi connectivity index (χ4n) is 10.5. The van der Waals surface area contributed by atoms with Gasteiger partial charge in [-0.1, -0.05) is 58.4 Å². The molecule has 0 N–H and O–H groups in total. The van der Waals surface area contributed by atoms with Crippen LogP contribution < -0.4 is 14.4 Å². The number of carbonyl (C=O) groups is 3. The molecule has 1 aromatic heterocycles. The minimum absolute atomic E-state index is 0.0591. The molecule has 0 radical (unpaired) electrons. The van der Waals surface area contributed by atoms with Gasteiger partial charge in [0.25, 0.3) is 0 Å². The number of aryl methyl sites for hydroxylation is 1. The average molecular weight is 852 g/mol. The van der Waals surface area contributed by atoms with E-state index in [1.165, 1.54) is 29.8 Å². The number of esters is 1. The fraction of sp³-hybridized carbons (Fsp3) is 0.574. The number of pyridine rings is 1. The summed E-state index contributed by atoms with van der Waals surface area (Å²) in [7, 11) is 1.14. The second-order valence-electron chi connectivity index (χ2n) is 18.8. The minimum Gasteiger partial charge on any atom is -0.493 e. The molecular formula is C47H57ClF3N3O6. The summed E-state index contributed by atoms with van der Waals surface area (Å²) in [6, 6.07) is 13.7. The zero-order chi connectivity index (χ0) is 43.2. The number of fused-ring (bicyclic) bond motifs is 3. The van der Waals surface area contributed by atoms with Crippen LogP contribution in [0.2, 0.25) is 5.02 Å². The fourth-order valence-corrected chi connectivity index (χ4v) is 10.6. The molecule has 1 saturated heterocycles. The maximum Gasteiger partial charge on any atom is 0.471 e. The normalized spacial score (nSPS) is 24.5. The quantitative estimate of drug-likeness (QED) is 0.177. The van der Waals surface area contributed by atoms with Crippen LogP contribution in [0.25, 0.3) is 0 Å². The third-order valence-electron chi connectivity index (χ3n) is 13.5. The molecule has 0 unspecified atom stereocenters. The molecule has 324 valence electrons. The summed E-state index contributed by atoms with van der Waals surface area (Å²) in [5, 5.41) is 0.130. The molecule has 7 rings (SSSR count). The Morgan fingerprint density at radius 2 is 1.75 bits per heavy atom. The maximum atomic E-state index is 14.5. The molecule has 13 heteroatoms. The summed E-state index contributed by atoms with van der Waals surface area (Å²) in [5.74, 6) is -0.662. The van der Waals surface area contributed by atoms with Gasteiger partial charge in [0.05, 0.1) is 20.3 Å². The second kappa shape index (κ2) is 16.9. The van der Waals surface area contributed by atoms with Crippen LogP contribution in [0.3, 0.4) is 0 Å². The van der Waals surface area contributed by atoms with E-state index in [0.29, 0.717) is 55.7 Å². The zero-order valence-corrected chi connectivity index (χ0v) is 36.3. The molecule has 60 heavy (non-hydrogen) atoms. The van der Waals surface area contributed by atoms with Gasteiger partial charge in [0.2, 0.25) is 5.91 Å². The number of carbonyl (C=O) groups excluding carboxylic acids is 3. The van der Waals surface area contributed by atoms with E-state index in [1.54, 1.807) is 0 Å². The highest BCUT2D eigenvalue weighted by Crippen LogP contribution is 2.58. The first-order chi connectivity index (χ1) is 28.4. The van der Waals surface area contributed by atoms with Gasteiger partial charge in [0.1, 0.15) is 17.0 Å². The first-order valence-electron chi connectivity index (χ1n) is 21.3. The van der Waals surface area contributed by atoms with Gasteiger partial charge in [0.15, 0.2) is 0 Å².